The Morgan fingerprint density at radius 1 is 0.761 bits per heavy atom. The Hall–Kier alpha value is -3.06. The molecule has 6 rings (SSSR count). The molecule has 0 spiro atoms. The van der Waals surface area contributed by atoms with Gasteiger partial charge in [-0.15, -0.1) is 0 Å². The molecule has 0 radical (unpaired) electrons. The summed E-state index contributed by atoms with van der Waals surface area (Å²) >= 11 is 13.5. The summed E-state index contributed by atoms with van der Waals surface area (Å²) in [6, 6.07) is 26.3. The van der Waals surface area contributed by atoms with Gasteiger partial charge in [-0.05, 0) is 87.2 Å². The maximum Gasteiger partial charge on any atom is 0.320 e. The van der Waals surface area contributed by atoms with E-state index < -0.39 is 0 Å². The van der Waals surface area contributed by atoms with E-state index in [0.29, 0.717) is 16.6 Å². The first kappa shape index (κ1) is 32.9. The van der Waals surface area contributed by atoms with E-state index in [0.717, 1.165) is 102 Å². The van der Waals surface area contributed by atoms with Gasteiger partial charge in [0.2, 0.25) is 0 Å². The van der Waals surface area contributed by atoms with Crippen LogP contribution in [0.25, 0.3) is 0 Å². The molecule has 244 valence electrons. The highest BCUT2D eigenvalue weighted by atomic mass is 35.5. The number of benzene rings is 3. The lowest BCUT2D eigenvalue weighted by Crippen LogP contribution is -2.56. The van der Waals surface area contributed by atoms with E-state index >= 15 is 0 Å². The molecule has 0 aliphatic carbocycles. The SMILES string of the molecule is CN(C(=O)N1CCCC1)C1(c2ccccc2)CCN(CCCC2(c3cccc(Cl)c3Cl)CCCN(C(=O)c3ccccc3)C2)CC1. The zero-order valence-corrected chi connectivity index (χ0v) is 28.5. The van der Waals surface area contributed by atoms with Gasteiger partial charge in [0.25, 0.3) is 5.91 Å². The highest BCUT2D eigenvalue weighted by Crippen LogP contribution is 2.44. The predicted molar refractivity (Wildman–Crippen MR) is 187 cm³/mol. The van der Waals surface area contributed by atoms with Crippen molar-refractivity contribution in [3.05, 3.63) is 106 Å². The number of hydrogen-bond donors (Lipinski definition) is 0. The third kappa shape index (κ3) is 6.67. The number of likely N-dealkylation sites (tertiary alicyclic amines) is 3. The molecule has 3 aliphatic rings. The normalized spacial score (nSPS) is 21.7. The Labute approximate surface area is 284 Å². The molecule has 3 fully saturated rings. The highest BCUT2D eigenvalue weighted by molar-refractivity contribution is 6.42. The maximum atomic E-state index is 13.6. The average molecular weight is 662 g/mol. The number of hydrogen-bond acceptors (Lipinski definition) is 3. The van der Waals surface area contributed by atoms with Crippen molar-refractivity contribution in [1.29, 1.82) is 0 Å². The van der Waals surface area contributed by atoms with Crippen LogP contribution in [0.15, 0.2) is 78.9 Å². The van der Waals surface area contributed by atoms with Gasteiger partial charge in [-0.1, -0.05) is 83.9 Å². The van der Waals surface area contributed by atoms with Crippen LogP contribution in [0.1, 0.15) is 72.9 Å². The second-order valence-corrected chi connectivity index (χ2v) is 14.2. The van der Waals surface area contributed by atoms with Crippen molar-refractivity contribution in [3.63, 3.8) is 0 Å². The molecule has 6 nitrogen and oxygen atoms in total. The van der Waals surface area contributed by atoms with Crippen molar-refractivity contribution in [2.45, 2.75) is 62.3 Å². The van der Waals surface area contributed by atoms with Crippen LogP contribution < -0.4 is 0 Å². The van der Waals surface area contributed by atoms with Crippen LogP contribution in [0.5, 0.6) is 0 Å². The van der Waals surface area contributed by atoms with Crippen molar-refractivity contribution >= 4 is 35.1 Å². The molecule has 8 heteroatoms. The second-order valence-electron chi connectivity index (χ2n) is 13.5. The minimum Gasteiger partial charge on any atom is -0.338 e. The molecular weight excluding hydrogens is 615 g/mol. The molecule has 1 unspecified atom stereocenters. The number of rotatable bonds is 8. The number of halogens is 2. The quantitative estimate of drug-likeness (QED) is 0.245. The van der Waals surface area contributed by atoms with Gasteiger partial charge >= 0.3 is 6.03 Å². The fraction of sp³-hybridized carbons (Fsp3) is 0.474. The maximum absolute atomic E-state index is 13.6. The van der Waals surface area contributed by atoms with Gasteiger partial charge < -0.3 is 19.6 Å². The Morgan fingerprint density at radius 3 is 2.11 bits per heavy atom. The molecule has 3 heterocycles. The summed E-state index contributed by atoms with van der Waals surface area (Å²) in [4.78, 5) is 35.8. The monoisotopic (exact) mass is 660 g/mol. The minimum atomic E-state index is -0.311. The summed E-state index contributed by atoms with van der Waals surface area (Å²) in [6.45, 7) is 5.89. The molecular formula is C38H46Cl2N4O2. The average Bonchev–Trinajstić information content (AvgIpc) is 3.65. The number of urea groups is 1. The number of carbonyl (C=O) groups is 2. The Kier molecular flexibility index (Phi) is 10.3. The summed E-state index contributed by atoms with van der Waals surface area (Å²) in [6.07, 6.45) is 7.76. The van der Waals surface area contributed by atoms with Gasteiger partial charge in [0, 0.05) is 57.3 Å². The van der Waals surface area contributed by atoms with Crippen LogP contribution in [0, 0.1) is 0 Å². The van der Waals surface area contributed by atoms with Gasteiger partial charge in [0.1, 0.15) is 0 Å². The Balaban J connectivity index is 1.16. The lowest BCUT2D eigenvalue weighted by molar-refractivity contribution is 0.0440. The van der Waals surface area contributed by atoms with Crippen LogP contribution in [0.4, 0.5) is 4.79 Å². The molecule has 3 aromatic carbocycles. The number of carbonyl (C=O) groups excluding carboxylic acids is 2. The zero-order chi connectivity index (χ0) is 32.1. The van der Waals surface area contributed by atoms with Crippen LogP contribution in [-0.2, 0) is 11.0 Å². The summed E-state index contributed by atoms with van der Waals surface area (Å²) in [5, 5.41) is 1.17. The molecule has 3 saturated heterocycles. The Bertz CT molecular complexity index is 1490. The number of nitrogens with zero attached hydrogens (tertiary/aromatic N) is 4. The molecule has 3 amide bonds. The van der Waals surface area contributed by atoms with Crippen molar-refractivity contribution in [2.24, 2.45) is 0 Å². The molecule has 0 saturated carbocycles. The second kappa shape index (κ2) is 14.4. The first-order valence-corrected chi connectivity index (χ1v) is 17.7. The minimum absolute atomic E-state index is 0.0729. The van der Waals surface area contributed by atoms with E-state index in [1.165, 1.54) is 5.56 Å². The first-order chi connectivity index (χ1) is 22.3. The van der Waals surface area contributed by atoms with Gasteiger partial charge in [-0.25, -0.2) is 4.79 Å². The van der Waals surface area contributed by atoms with Crippen LogP contribution in [0.2, 0.25) is 10.0 Å². The number of piperidine rings is 2. The molecule has 1 atom stereocenters. The van der Waals surface area contributed by atoms with E-state index in [1.54, 1.807) is 0 Å². The highest BCUT2D eigenvalue weighted by Gasteiger charge is 2.44. The molecule has 0 N–H and O–H groups in total. The van der Waals surface area contributed by atoms with Crippen LogP contribution >= 0.6 is 23.2 Å². The lowest BCUT2D eigenvalue weighted by atomic mass is 9.70. The molecule has 0 aromatic heterocycles. The predicted octanol–water partition coefficient (Wildman–Crippen LogP) is 8.09. The smallest absolute Gasteiger partial charge is 0.320 e. The van der Waals surface area contributed by atoms with Crippen molar-refractivity contribution in [3.8, 4) is 0 Å². The summed E-state index contributed by atoms with van der Waals surface area (Å²) < 4.78 is 0. The summed E-state index contributed by atoms with van der Waals surface area (Å²) in [5.74, 6) is 0.0729. The van der Waals surface area contributed by atoms with Crippen LogP contribution in [0.3, 0.4) is 0 Å². The standard InChI is InChI=1S/C38H46Cl2N4O2/c1-41(36(46)43-24-8-9-25-43)38(31-15-6-3-7-16-31)21-27-42(28-22-38)23-11-19-37(32-17-10-18-33(39)34(32)40)20-12-26-44(29-37)35(45)30-13-4-2-5-14-30/h2-7,10,13-18H,8-9,11-12,19-29H2,1H3. The summed E-state index contributed by atoms with van der Waals surface area (Å²) in [7, 11) is 2.01. The van der Waals surface area contributed by atoms with Gasteiger partial charge in [-0.2, -0.15) is 0 Å². The number of amides is 3. The lowest BCUT2D eigenvalue weighted by Gasteiger charge is -2.49. The third-order valence-corrected chi connectivity index (χ3v) is 11.7. The summed E-state index contributed by atoms with van der Waals surface area (Å²) in [5.41, 5.74) is 2.42. The molecule has 46 heavy (non-hydrogen) atoms. The fourth-order valence-electron chi connectivity index (χ4n) is 8.20. The van der Waals surface area contributed by atoms with Crippen LogP contribution in [-0.4, -0.2) is 84.4 Å². The van der Waals surface area contributed by atoms with E-state index in [2.05, 4.69) is 41.3 Å². The van der Waals surface area contributed by atoms with Crippen molar-refractivity contribution in [2.75, 3.05) is 52.9 Å². The van der Waals surface area contributed by atoms with E-state index in [1.807, 2.05) is 64.2 Å². The molecule has 0 bridgehead atoms. The van der Waals surface area contributed by atoms with E-state index in [-0.39, 0.29) is 22.9 Å². The molecule has 3 aromatic rings. The van der Waals surface area contributed by atoms with E-state index in [9.17, 15) is 9.59 Å². The van der Waals surface area contributed by atoms with Gasteiger partial charge in [0.05, 0.1) is 15.6 Å². The zero-order valence-electron chi connectivity index (χ0n) is 27.0. The molecule has 3 aliphatic heterocycles. The third-order valence-electron chi connectivity index (χ3n) is 10.8. The largest absolute Gasteiger partial charge is 0.338 e. The van der Waals surface area contributed by atoms with Gasteiger partial charge in [0.15, 0.2) is 0 Å². The van der Waals surface area contributed by atoms with Gasteiger partial charge in [-0.3, -0.25) is 4.79 Å². The van der Waals surface area contributed by atoms with E-state index in [4.69, 9.17) is 23.2 Å². The topological polar surface area (TPSA) is 47.1 Å². The fourth-order valence-corrected chi connectivity index (χ4v) is 8.70. The Morgan fingerprint density at radius 2 is 1.41 bits per heavy atom. The van der Waals surface area contributed by atoms with Crippen molar-refractivity contribution < 1.29 is 9.59 Å². The first-order valence-electron chi connectivity index (χ1n) is 16.9. The van der Waals surface area contributed by atoms with Crippen molar-refractivity contribution in [1.82, 2.24) is 19.6 Å².